The number of benzene rings is 2. The fourth-order valence-electron chi connectivity index (χ4n) is 2.93. The number of hydrazine groups is 1. The molecule has 10 heteroatoms. The molecule has 1 aliphatic rings. The topological polar surface area (TPSA) is 77.5 Å². The molecule has 0 spiro atoms. The van der Waals surface area contributed by atoms with Crippen LogP contribution in [-0.4, -0.2) is 74.6 Å². The highest BCUT2D eigenvalue weighted by atomic mass is 35.5. The van der Waals surface area contributed by atoms with E-state index in [1.54, 1.807) is 58.5 Å². The number of carbonyl (C=O) groups excluding carboxylic acids is 2. The molecule has 0 saturated carbocycles. The molecule has 0 atom stereocenters. The minimum Gasteiger partial charge on any atom is -0.484 e. The lowest BCUT2D eigenvalue weighted by molar-refractivity contribution is -0.154. The average molecular weight is 483 g/mol. The summed E-state index contributed by atoms with van der Waals surface area (Å²) < 4.78 is 21.7. The van der Waals surface area contributed by atoms with Crippen molar-refractivity contribution in [3.05, 3.63) is 58.6 Å². The van der Waals surface area contributed by atoms with Crippen LogP contribution >= 0.6 is 23.2 Å². The lowest BCUT2D eigenvalue weighted by Gasteiger charge is -2.32. The first-order chi connectivity index (χ1) is 15.5. The van der Waals surface area contributed by atoms with Crippen LogP contribution in [0.25, 0.3) is 0 Å². The van der Waals surface area contributed by atoms with Crippen molar-refractivity contribution in [2.75, 3.05) is 52.7 Å². The van der Waals surface area contributed by atoms with Gasteiger partial charge in [0.25, 0.3) is 5.91 Å². The van der Waals surface area contributed by atoms with E-state index in [1.807, 2.05) is 0 Å². The van der Waals surface area contributed by atoms with Gasteiger partial charge in [0.15, 0.2) is 13.2 Å². The number of rotatable bonds is 9. The number of halogens is 2. The Kier molecular flexibility index (Phi) is 9.43. The van der Waals surface area contributed by atoms with Crippen LogP contribution in [-0.2, 0) is 19.1 Å². The molecule has 0 N–H and O–H groups in total. The van der Waals surface area contributed by atoms with Crippen LogP contribution in [0.15, 0.2) is 48.5 Å². The van der Waals surface area contributed by atoms with Gasteiger partial charge in [0.05, 0.1) is 26.3 Å². The van der Waals surface area contributed by atoms with Gasteiger partial charge in [-0.3, -0.25) is 9.80 Å². The summed E-state index contributed by atoms with van der Waals surface area (Å²) in [5.74, 6) is 0.348. The quantitative estimate of drug-likeness (QED) is 0.508. The highest BCUT2D eigenvalue weighted by Gasteiger charge is 2.24. The number of amides is 1. The zero-order chi connectivity index (χ0) is 22.8. The van der Waals surface area contributed by atoms with E-state index >= 15 is 0 Å². The Morgan fingerprint density at radius 1 is 0.844 bits per heavy atom. The summed E-state index contributed by atoms with van der Waals surface area (Å²) in [5, 5.41) is 4.54. The largest absolute Gasteiger partial charge is 0.484 e. The van der Waals surface area contributed by atoms with Crippen molar-refractivity contribution in [3.8, 4) is 11.5 Å². The van der Waals surface area contributed by atoms with Gasteiger partial charge in [-0.05, 0) is 48.5 Å². The third-order valence-corrected chi connectivity index (χ3v) is 5.03. The number of esters is 1. The maximum Gasteiger partial charge on any atom is 0.344 e. The molecule has 2 aromatic rings. The lowest BCUT2D eigenvalue weighted by atomic mass is 10.3. The van der Waals surface area contributed by atoms with E-state index in [4.69, 9.17) is 42.1 Å². The summed E-state index contributed by atoms with van der Waals surface area (Å²) in [6.07, 6.45) is 0. The van der Waals surface area contributed by atoms with Gasteiger partial charge in [0, 0.05) is 16.6 Å². The van der Waals surface area contributed by atoms with Gasteiger partial charge >= 0.3 is 5.97 Å². The molecule has 1 saturated heterocycles. The van der Waals surface area contributed by atoms with Gasteiger partial charge in [-0.15, -0.1) is 0 Å². The van der Waals surface area contributed by atoms with E-state index in [1.165, 1.54) is 0 Å². The molecule has 2 aromatic carbocycles. The minimum atomic E-state index is -0.505. The molecular weight excluding hydrogens is 459 g/mol. The summed E-state index contributed by atoms with van der Waals surface area (Å²) in [5.41, 5.74) is 0. The van der Waals surface area contributed by atoms with Crippen molar-refractivity contribution >= 4 is 35.1 Å². The predicted molar refractivity (Wildman–Crippen MR) is 119 cm³/mol. The van der Waals surface area contributed by atoms with Gasteiger partial charge in [-0.1, -0.05) is 23.2 Å². The number of hydrogen-bond acceptors (Lipinski definition) is 7. The maximum atomic E-state index is 12.7. The van der Waals surface area contributed by atoms with E-state index in [0.717, 1.165) is 0 Å². The van der Waals surface area contributed by atoms with Gasteiger partial charge in [0.2, 0.25) is 0 Å². The van der Waals surface area contributed by atoms with Gasteiger partial charge in [-0.25, -0.2) is 9.80 Å². The molecular formula is C22H24Cl2N2O6. The van der Waals surface area contributed by atoms with Crippen molar-refractivity contribution in [2.24, 2.45) is 0 Å². The van der Waals surface area contributed by atoms with Crippen molar-refractivity contribution in [2.45, 2.75) is 0 Å². The molecule has 0 aromatic heterocycles. The molecule has 1 heterocycles. The highest BCUT2D eigenvalue weighted by Crippen LogP contribution is 2.16. The Morgan fingerprint density at radius 2 is 1.41 bits per heavy atom. The van der Waals surface area contributed by atoms with Crippen LogP contribution in [0.2, 0.25) is 10.0 Å². The third-order valence-electron chi connectivity index (χ3n) is 4.53. The lowest BCUT2D eigenvalue weighted by Crippen LogP contribution is -2.50. The fraction of sp³-hybridized carbons (Fsp3) is 0.364. The van der Waals surface area contributed by atoms with Gasteiger partial charge in [0.1, 0.15) is 18.1 Å². The summed E-state index contributed by atoms with van der Waals surface area (Å²) in [7, 11) is 0. The second-order valence-corrected chi connectivity index (χ2v) is 7.66. The zero-order valence-corrected chi connectivity index (χ0v) is 18.9. The normalized spacial score (nSPS) is 14.5. The van der Waals surface area contributed by atoms with Crippen molar-refractivity contribution < 1.29 is 28.5 Å². The first-order valence-corrected chi connectivity index (χ1v) is 10.8. The SMILES string of the molecule is O=C(COc1ccc(Cl)cc1)OCCN1CCOCCN1C(=O)COc1ccc(Cl)cc1. The molecule has 8 nitrogen and oxygen atoms in total. The number of nitrogens with zero attached hydrogens (tertiary/aromatic N) is 2. The second-order valence-electron chi connectivity index (χ2n) is 6.79. The standard InChI is InChI=1S/C22H24Cl2N2O6/c23-17-1-5-19(6-2-17)31-15-21(27)26-11-13-29-12-9-25(26)10-14-30-22(28)16-32-20-7-3-18(24)4-8-20/h1-8H,9-16H2. The minimum absolute atomic E-state index is 0.102. The van der Waals surface area contributed by atoms with Crippen LogP contribution in [0.4, 0.5) is 0 Å². The fourth-order valence-corrected chi connectivity index (χ4v) is 3.18. The van der Waals surface area contributed by atoms with E-state index in [9.17, 15) is 9.59 Å². The Bertz CT molecular complexity index is 879. The Balaban J connectivity index is 1.43. The van der Waals surface area contributed by atoms with E-state index in [0.29, 0.717) is 54.4 Å². The summed E-state index contributed by atoms with van der Waals surface area (Å²) >= 11 is 11.7. The third kappa shape index (κ3) is 7.87. The van der Waals surface area contributed by atoms with Crippen LogP contribution in [0, 0.1) is 0 Å². The molecule has 32 heavy (non-hydrogen) atoms. The summed E-state index contributed by atoms with van der Waals surface area (Å²) in [4.78, 5) is 24.7. The van der Waals surface area contributed by atoms with Crippen molar-refractivity contribution in [3.63, 3.8) is 0 Å². The van der Waals surface area contributed by atoms with Crippen molar-refractivity contribution in [1.82, 2.24) is 10.0 Å². The Labute approximate surface area is 196 Å². The molecule has 172 valence electrons. The Hall–Kier alpha value is -2.52. The summed E-state index contributed by atoms with van der Waals surface area (Å²) in [6, 6.07) is 13.5. The molecule has 0 aliphatic carbocycles. The molecule has 1 aliphatic heterocycles. The van der Waals surface area contributed by atoms with Crippen LogP contribution in [0.5, 0.6) is 11.5 Å². The van der Waals surface area contributed by atoms with Crippen LogP contribution in [0.1, 0.15) is 0 Å². The smallest absolute Gasteiger partial charge is 0.344 e. The van der Waals surface area contributed by atoms with E-state index in [2.05, 4.69) is 0 Å². The van der Waals surface area contributed by atoms with Crippen LogP contribution in [0.3, 0.4) is 0 Å². The number of hydrogen-bond donors (Lipinski definition) is 0. The molecule has 1 amide bonds. The molecule has 1 fully saturated rings. The first kappa shape index (κ1) is 24.1. The first-order valence-electron chi connectivity index (χ1n) is 10.1. The molecule has 3 rings (SSSR count). The van der Waals surface area contributed by atoms with Crippen molar-refractivity contribution in [1.29, 1.82) is 0 Å². The van der Waals surface area contributed by atoms with Crippen LogP contribution < -0.4 is 9.47 Å². The van der Waals surface area contributed by atoms with E-state index < -0.39 is 5.97 Å². The molecule has 0 unspecified atom stereocenters. The Morgan fingerprint density at radius 3 is 2.03 bits per heavy atom. The zero-order valence-electron chi connectivity index (χ0n) is 17.4. The molecule has 0 radical (unpaired) electrons. The second kappa shape index (κ2) is 12.5. The number of carbonyl (C=O) groups is 2. The monoisotopic (exact) mass is 482 g/mol. The highest BCUT2D eigenvalue weighted by molar-refractivity contribution is 6.30. The maximum absolute atomic E-state index is 12.7. The predicted octanol–water partition coefficient (Wildman–Crippen LogP) is 3.07. The van der Waals surface area contributed by atoms with Gasteiger partial charge < -0.3 is 18.9 Å². The number of ether oxygens (including phenoxy) is 4. The van der Waals surface area contributed by atoms with E-state index in [-0.39, 0.29) is 25.7 Å². The van der Waals surface area contributed by atoms with Gasteiger partial charge in [-0.2, -0.15) is 0 Å². The average Bonchev–Trinajstić information content (AvgIpc) is 3.04. The summed E-state index contributed by atoms with van der Waals surface area (Å²) in [6.45, 7) is 1.85. The molecule has 0 bridgehead atoms.